The number of nitro groups is 1. The molecule has 0 atom stereocenters. The summed E-state index contributed by atoms with van der Waals surface area (Å²) in [5.74, 6) is 0. The number of nitrogens with zero attached hydrogens (tertiary/aromatic N) is 1. The molecular formula is C7H8ClN3O4S2. The Balaban J connectivity index is 2.26. The molecule has 94 valence electrons. The minimum absolute atomic E-state index is 0.137. The molecule has 0 radical (unpaired) electrons. The van der Waals surface area contributed by atoms with Crippen LogP contribution in [0.5, 0.6) is 0 Å². The molecule has 2 N–H and O–H groups in total. The maximum atomic E-state index is 11.8. The number of halogens is 1. The Morgan fingerprint density at radius 3 is 2.65 bits per heavy atom. The Kier molecular flexibility index (Phi) is 3.36. The van der Waals surface area contributed by atoms with Crippen LogP contribution in [0.2, 0.25) is 4.34 Å². The van der Waals surface area contributed by atoms with E-state index in [-0.39, 0.29) is 20.3 Å². The Morgan fingerprint density at radius 1 is 1.59 bits per heavy atom. The van der Waals surface area contributed by atoms with Crippen molar-refractivity contribution in [3.8, 4) is 0 Å². The molecule has 0 saturated carbocycles. The van der Waals surface area contributed by atoms with Gasteiger partial charge in [0.15, 0.2) is 4.34 Å². The molecule has 0 aromatic carbocycles. The highest BCUT2D eigenvalue weighted by Gasteiger charge is 2.29. The molecule has 10 heteroatoms. The van der Waals surface area contributed by atoms with Gasteiger partial charge in [-0.25, -0.2) is 13.1 Å². The molecule has 1 aliphatic rings. The lowest BCUT2D eigenvalue weighted by molar-refractivity contribution is -0.384. The largest absolute Gasteiger partial charge is 0.313 e. The third kappa shape index (κ3) is 2.58. The smallest absolute Gasteiger partial charge is 0.300 e. The van der Waals surface area contributed by atoms with Crippen LogP contribution >= 0.6 is 22.9 Å². The number of hydrogen-bond donors (Lipinski definition) is 2. The SMILES string of the molecule is O=[N+]([O-])c1cc(S(=O)(=O)NC2CNC2)sc1Cl. The van der Waals surface area contributed by atoms with E-state index in [1.54, 1.807) is 0 Å². The molecule has 1 aromatic heterocycles. The highest BCUT2D eigenvalue weighted by molar-refractivity contribution is 7.91. The zero-order chi connectivity index (χ0) is 12.6. The van der Waals surface area contributed by atoms with Gasteiger partial charge in [0, 0.05) is 25.2 Å². The second-order valence-electron chi connectivity index (χ2n) is 3.46. The van der Waals surface area contributed by atoms with E-state index in [9.17, 15) is 18.5 Å². The number of rotatable bonds is 4. The van der Waals surface area contributed by atoms with Crippen molar-refractivity contribution in [1.29, 1.82) is 0 Å². The molecule has 0 aliphatic carbocycles. The summed E-state index contributed by atoms with van der Waals surface area (Å²) in [7, 11) is -3.72. The fraction of sp³-hybridized carbons (Fsp3) is 0.429. The summed E-state index contributed by atoms with van der Waals surface area (Å²) < 4.78 is 25.8. The van der Waals surface area contributed by atoms with Gasteiger partial charge < -0.3 is 5.32 Å². The van der Waals surface area contributed by atoms with Crippen molar-refractivity contribution in [2.75, 3.05) is 13.1 Å². The first-order chi connectivity index (χ1) is 7.90. The zero-order valence-corrected chi connectivity index (χ0v) is 10.7. The van der Waals surface area contributed by atoms with Crippen LogP contribution in [-0.2, 0) is 10.0 Å². The number of nitrogens with one attached hydrogen (secondary N) is 2. The fourth-order valence-electron chi connectivity index (χ4n) is 1.24. The molecule has 0 unspecified atom stereocenters. The summed E-state index contributed by atoms with van der Waals surface area (Å²) in [4.78, 5) is 9.85. The van der Waals surface area contributed by atoms with Gasteiger partial charge in [0.25, 0.3) is 15.7 Å². The van der Waals surface area contributed by atoms with Crippen molar-refractivity contribution in [3.63, 3.8) is 0 Å². The Bertz CT molecular complexity index is 551. The average molecular weight is 298 g/mol. The molecule has 1 aromatic rings. The predicted octanol–water partition coefficient (Wildman–Crippen LogP) is 0.560. The summed E-state index contributed by atoms with van der Waals surface area (Å²) >= 11 is 6.28. The average Bonchev–Trinajstić information content (AvgIpc) is 2.55. The van der Waals surface area contributed by atoms with Crippen molar-refractivity contribution in [2.45, 2.75) is 10.3 Å². The summed E-state index contributed by atoms with van der Waals surface area (Å²) in [5, 5.41) is 13.5. The van der Waals surface area contributed by atoms with E-state index in [1.807, 2.05) is 0 Å². The summed E-state index contributed by atoms with van der Waals surface area (Å²) in [5.41, 5.74) is -0.385. The Hall–Kier alpha value is -0.740. The Morgan fingerprint density at radius 2 is 2.24 bits per heavy atom. The van der Waals surface area contributed by atoms with E-state index in [1.165, 1.54) is 0 Å². The quantitative estimate of drug-likeness (QED) is 0.624. The van der Waals surface area contributed by atoms with Crippen molar-refractivity contribution in [2.24, 2.45) is 0 Å². The normalized spacial score (nSPS) is 16.8. The van der Waals surface area contributed by atoms with Gasteiger partial charge in [-0.1, -0.05) is 11.6 Å². The first-order valence-electron chi connectivity index (χ1n) is 4.57. The van der Waals surface area contributed by atoms with E-state index in [2.05, 4.69) is 10.0 Å². The molecule has 1 fully saturated rings. The van der Waals surface area contributed by atoms with Crippen LogP contribution in [0.25, 0.3) is 0 Å². The van der Waals surface area contributed by atoms with E-state index in [4.69, 9.17) is 11.6 Å². The third-order valence-corrected chi connectivity index (χ3v) is 5.54. The molecule has 1 saturated heterocycles. The highest BCUT2D eigenvalue weighted by atomic mass is 35.5. The zero-order valence-electron chi connectivity index (χ0n) is 8.34. The molecule has 2 rings (SSSR count). The molecule has 0 bridgehead atoms. The standard InChI is InChI=1S/C7H8ClN3O4S2/c8-7-5(11(12)13)1-6(16-7)17(14,15)10-4-2-9-3-4/h1,4,9-10H,2-3H2. The molecule has 1 aliphatic heterocycles. The topological polar surface area (TPSA) is 101 Å². The molecular weight excluding hydrogens is 290 g/mol. The van der Waals surface area contributed by atoms with Crippen LogP contribution < -0.4 is 10.0 Å². The monoisotopic (exact) mass is 297 g/mol. The van der Waals surface area contributed by atoms with Gasteiger partial charge in [-0.3, -0.25) is 10.1 Å². The second-order valence-corrected chi connectivity index (χ2v) is 7.05. The minimum Gasteiger partial charge on any atom is -0.313 e. The van der Waals surface area contributed by atoms with Gasteiger partial charge in [-0.15, -0.1) is 11.3 Å². The molecule has 7 nitrogen and oxygen atoms in total. The van der Waals surface area contributed by atoms with Crippen LogP contribution in [0.1, 0.15) is 0 Å². The van der Waals surface area contributed by atoms with Gasteiger partial charge in [0.1, 0.15) is 4.21 Å². The lowest BCUT2D eigenvalue weighted by Crippen LogP contribution is -2.56. The Labute approximate surface area is 106 Å². The lowest BCUT2D eigenvalue weighted by atomic mass is 10.2. The summed E-state index contributed by atoms with van der Waals surface area (Å²) in [6.07, 6.45) is 0. The van der Waals surface area contributed by atoms with Crippen molar-refractivity contribution in [1.82, 2.24) is 10.0 Å². The number of thiophene rings is 1. The predicted molar refractivity (Wildman–Crippen MR) is 63.0 cm³/mol. The van der Waals surface area contributed by atoms with Crippen molar-refractivity contribution < 1.29 is 13.3 Å². The molecule has 0 spiro atoms. The van der Waals surface area contributed by atoms with Crippen LogP contribution in [0.3, 0.4) is 0 Å². The van der Waals surface area contributed by atoms with Crippen molar-refractivity contribution >= 4 is 38.6 Å². The molecule has 17 heavy (non-hydrogen) atoms. The second kappa shape index (κ2) is 4.50. The summed E-state index contributed by atoms with van der Waals surface area (Å²) in [6.45, 7) is 1.11. The van der Waals surface area contributed by atoms with Gasteiger partial charge in [0.05, 0.1) is 4.92 Å². The van der Waals surface area contributed by atoms with Gasteiger partial charge in [-0.05, 0) is 0 Å². The number of sulfonamides is 1. The lowest BCUT2D eigenvalue weighted by Gasteiger charge is -2.27. The fourth-order valence-corrected chi connectivity index (χ4v) is 4.16. The minimum atomic E-state index is -3.72. The van der Waals surface area contributed by atoms with Crippen LogP contribution in [0.4, 0.5) is 5.69 Å². The van der Waals surface area contributed by atoms with Crippen LogP contribution in [0, 0.1) is 10.1 Å². The van der Waals surface area contributed by atoms with Crippen LogP contribution in [-0.4, -0.2) is 32.5 Å². The first-order valence-corrected chi connectivity index (χ1v) is 7.24. The first kappa shape index (κ1) is 12.7. The van der Waals surface area contributed by atoms with E-state index in [0.29, 0.717) is 24.4 Å². The van der Waals surface area contributed by atoms with Gasteiger partial charge in [-0.2, -0.15) is 0 Å². The van der Waals surface area contributed by atoms with Crippen molar-refractivity contribution in [3.05, 3.63) is 20.5 Å². The van der Waals surface area contributed by atoms with E-state index >= 15 is 0 Å². The van der Waals surface area contributed by atoms with E-state index in [0.717, 1.165) is 6.07 Å². The van der Waals surface area contributed by atoms with Crippen LogP contribution in [0.15, 0.2) is 10.3 Å². The number of hydrogen-bond acceptors (Lipinski definition) is 6. The van der Waals surface area contributed by atoms with Gasteiger partial charge in [0.2, 0.25) is 0 Å². The maximum absolute atomic E-state index is 11.8. The van der Waals surface area contributed by atoms with E-state index < -0.39 is 14.9 Å². The summed E-state index contributed by atoms with van der Waals surface area (Å²) in [6, 6.07) is 0.807. The third-order valence-electron chi connectivity index (χ3n) is 2.21. The maximum Gasteiger partial charge on any atom is 0.300 e. The van der Waals surface area contributed by atoms with Gasteiger partial charge >= 0.3 is 0 Å². The molecule has 0 amide bonds. The highest BCUT2D eigenvalue weighted by Crippen LogP contribution is 2.36. The molecule has 2 heterocycles.